The molecule has 1 aliphatic carbocycles. The number of nitrogens with one attached hydrogen (secondary N) is 1. The highest BCUT2D eigenvalue weighted by Gasteiger charge is 2.21. The first-order chi connectivity index (χ1) is 9.72. The van der Waals surface area contributed by atoms with Crippen molar-refractivity contribution in [1.82, 2.24) is 15.5 Å². The molecule has 3 rings (SSSR count). The molecule has 1 N–H and O–H groups in total. The van der Waals surface area contributed by atoms with E-state index >= 15 is 0 Å². The number of hydrogen-bond acceptors (Lipinski definition) is 5. The fraction of sp³-hybridized carbons (Fsp3) is 0.429. The van der Waals surface area contributed by atoms with Crippen molar-refractivity contribution >= 4 is 17.6 Å². The van der Waals surface area contributed by atoms with E-state index in [1.54, 1.807) is 0 Å². The molecular formula is C14H17ClN4O. The highest BCUT2D eigenvalue weighted by Crippen LogP contribution is 2.21. The summed E-state index contributed by atoms with van der Waals surface area (Å²) in [5.74, 6) is 0.623. The fourth-order valence-electron chi connectivity index (χ4n) is 1.94. The van der Waals surface area contributed by atoms with Crippen LogP contribution in [0.25, 0.3) is 0 Å². The first kappa shape index (κ1) is 13.4. The monoisotopic (exact) mass is 292 g/mol. The van der Waals surface area contributed by atoms with Crippen molar-refractivity contribution in [2.24, 2.45) is 0 Å². The molecule has 1 heterocycles. The van der Waals surface area contributed by atoms with Gasteiger partial charge < -0.3 is 14.6 Å². The first-order valence-electron chi connectivity index (χ1n) is 6.72. The molecule has 1 aliphatic rings. The van der Waals surface area contributed by atoms with Crippen LogP contribution in [-0.4, -0.2) is 23.3 Å². The second-order valence-electron chi connectivity index (χ2n) is 5.08. The third-order valence-electron chi connectivity index (χ3n) is 3.27. The van der Waals surface area contributed by atoms with Crippen LogP contribution in [-0.2, 0) is 13.1 Å². The van der Waals surface area contributed by atoms with Crippen LogP contribution in [0.15, 0.2) is 28.7 Å². The Morgan fingerprint density at radius 3 is 2.90 bits per heavy atom. The predicted molar refractivity (Wildman–Crippen MR) is 77.7 cm³/mol. The summed E-state index contributed by atoms with van der Waals surface area (Å²) in [6.07, 6.45) is 2.49. The zero-order valence-electron chi connectivity index (χ0n) is 11.3. The van der Waals surface area contributed by atoms with E-state index in [-0.39, 0.29) is 0 Å². The molecule has 1 fully saturated rings. The summed E-state index contributed by atoms with van der Waals surface area (Å²) >= 11 is 6.15. The Kier molecular flexibility index (Phi) is 3.89. The van der Waals surface area contributed by atoms with Gasteiger partial charge in [-0.15, -0.1) is 5.10 Å². The second kappa shape index (κ2) is 5.81. The smallest absolute Gasteiger partial charge is 0.318 e. The average molecular weight is 293 g/mol. The third kappa shape index (κ3) is 3.29. The molecule has 1 aromatic carbocycles. The molecule has 0 saturated heterocycles. The van der Waals surface area contributed by atoms with Gasteiger partial charge in [-0.1, -0.05) is 34.9 Å². The van der Waals surface area contributed by atoms with Crippen LogP contribution in [0.5, 0.6) is 0 Å². The number of rotatable bonds is 6. The molecule has 0 bridgehead atoms. The SMILES string of the molecule is CN(Cc1ccccc1Cl)c1nnc(CNC2CC2)o1. The van der Waals surface area contributed by atoms with E-state index in [2.05, 4.69) is 15.5 Å². The molecule has 0 amide bonds. The quantitative estimate of drug-likeness (QED) is 0.887. The van der Waals surface area contributed by atoms with Crippen molar-refractivity contribution in [3.8, 4) is 0 Å². The Hall–Kier alpha value is -1.59. The molecular weight excluding hydrogens is 276 g/mol. The lowest BCUT2D eigenvalue weighted by Crippen LogP contribution is -2.17. The second-order valence-corrected chi connectivity index (χ2v) is 5.49. The van der Waals surface area contributed by atoms with E-state index in [0.717, 1.165) is 10.6 Å². The van der Waals surface area contributed by atoms with Gasteiger partial charge in [-0.2, -0.15) is 0 Å². The summed E-state index contributed by atoms with van der Waals surface area (Å²) in [7, 11) is 1.91. The van der Waals surface area contributed by atoms with Gasteiger partial charge in [-0.25, -0.2) is 0 Å². The molecule has 0 atom stereocenters. The van der Waals surface area contributed by atoms with Crippen molar-refractivity contribution in [2.75, 3.05) is 11.9 Å². The Bertz CT molecular complexity index is 582. The van der Waals surface area contributed by atoms with E-state index in [1.165, 1.54) is 12.8 Å². The fourth-order valence-corrected chi connectivity index (χ4v) is 2.13. The summed E-state index contributed by atoms with van der Waals surface area (Å²) in [6, 6.07) is 8.89. The Morgan fingerprint density at radius 1 is 1.35 bits per heavy atom. The lowest BCUT2D eigenvalue weighted by molar-refractivity contribution is 0.464. The molecule has 0 spiro atoms. The molecule has 2 aromatic rings. The van der Waals surface area contributed by atoms with Gasteiger partial charge >= 0.3 is 6.01 Å². The number of aromatic nitrogens is 2. The third-order valence-corrected chi connectivity index (χ3v) is 3.64. The maximum atomic E-state index is 6.15. The predicted octanol–water partition coefficient (Wildman–Crippen LogP) is 2.61. The van der Waals surface area contributed by atoms with Gasteiger partial charge in [0, 0.05) is 24.7 Å². The number of anilines is 1. The standard InChI is InChI=1S/C14H17ClN4O/c1-19(9-10-4-2-3-5-12(10)15)14-18-17-13(20-14)8-16-11-6-7-11/h2-5,11,16H,6-9H2,1H3. The van der Waals surface area contributed by atoms with Crippen molar-refractivity contribution < 1.29 is 4.42 Å². The van der Waals surface area contributed by atoms with E-state index < -0.39 is 0 Å². The zero-order chi connectivity index (χ0) is 13.9. The topological polar surface area (TPSA) is 54.2 Å². The van der Waals surface area contributed by atoms with Crippen LogP contribution in [0.4, 0.5) is 6.01 Å². The summed E-state index contributed by atoms with van der Waals surface area (Å²) < 4.78 is 5.63. The lowest BCUT2D eigenvalue weighted by Gasteiger charge is -2.14. The molecule has 0 unspecified atom stereocenters. The molecule has 20 heavy (non-hydrogen) atoms. The molecule has 0 radical (unpaired) electrons. The number of benzene rings is 1. The summed E-state index contributed by atoms with van der Waals surface area (Å²) in [5.41, 5.74) is 1.03. The van der Waals surface area contributed by atoms with Gasteiger partial charge in [0.1, 0.15) is 0 Å². The number of halogens is 1. The van der Waals surface area contributed by atoms with Crippen molar-refractivity contribution in [3.63, 3.8) is 0 Å². The zero-order valence-corrected chi connectivity index (χ0v) is 12.1. The van der Waals surface area contributed by atoms with Gasteiger partial charge in [0.15, 0.2) is 0 Å². The molecule has 5 nitrogen and oxygen atoms in total. The Labute approximate surface area is 122 Å². The average Bonchev–Trinajstić information content (AvgIpc) is 3.15. The number of hydrogen-bond donors (Lipinski definition) is 1. The van der Waals surface area contributed by atoms with Crippen LogP contribution in [0.1, 0.15) is 24.3 Å². The minimum absolute atomic E-state index is 0.512. The van der Waals surface area contributed by atoms with Crippen LogP contribution in [0.3, 0.4) is 0 Å². The highest BCUT2D eigenvalue weighted by atomic mass is 35.5. The van der Waals surface area contributed by atoms with Crippen LogP contribution in [0, 0.1) is 0 Å². The molecule has 6 heteroatoms. The minimum Gasteiger partial charge on any atom is -0.407 e. The summed E-state index contributed by atoms with van der Waals surface area (Å²) in [6.45, 7) is 1.27. The van der Waals surface area contributed by atoms with Gasteiger partial charge in [0.05, 0.1) is 6.54 Å². The molecule has 1 aromatic heterocycles. The van der Waals surface area contributed by atoms with Crippen LogP contribution in [0.2, 0.25) is 5.02 Å². The van der Waals surface area contributed by atoms with E-state index in [1.807, 2.05) is 36.2 Å². The minimum atomic E-state index is 0.512. The Balaban J connectivity index is 1.61. The molecule has 106 valence electrons. The maximum Gasteiger partial charge on any atom is 0.318 e. The van der Waals surface area contributed by atoms with Gasteiger partial charge in [0.25, 0.3) is 0 Å². The molecule has 0 aliphatic heterocycles. The summed E-state index contributed by atoms with van der Waals surface area (Å²) in [5, 5.41) is 12.2. The number of nitrogens with zero attached hydrogens (tertiary/aromatic N) is 3. The van der Waals surface area contributed by atoms with Crippen molar-refractivity contribution in [1.29, 1.82) is 0 Å². The van der Waals surface area contributed by atoms with Crippen LogP contribution >= 0.6 is 11.6 Å². The largest absolute Gasteiger partial charge is 0.407 e. The van der Waals surface area contributed by atoms with Crippen LogP contribution < -0.4 is 10.2 Å². The van der Waals surface area contributed by atoms with Crippen molar-refractivity contribution in [2.45, 2.75) is 32.0 Å². The van der Waals surface area contributed by atoms with E-state index in [9.17, 15) is 0 Å². The first-order valence-corrected chi connectivity index (χ1v) is 7.10. The Morgan fingerprint density at radius 2 is 2.15 bits per heavy atom. The molecule has 1 saturated carbocycles. The highest BCUT2D eigenvalue weighted by molar-refractivity contribution is 6.31. The summed E-state index contributed by atoms with van der Waals surface area (Å²) in [4.78, 5) is 1.90. The van der Waals surface area contributed by atoms with E-state index in [4.69, 9.17) is 16.0 Å². The van der Waals surface area contributed by atoms with Gasteiger partial charge in [-0.05, 0) is 24.5 Å². The van der Waals surface area contributed by atoms with Crippen molar-refractivity contribution in [3.05, 3.63) is 40.7 Å². The van der Waals surface area contributed by atoms with Gasteiger partial charge in [-0.3, -0.25) is 0 Å². The van der Waals surface area contributed by atoms with Gasteiger partial charge in [0.2, 0.25) is 5.89 Å². The van der Waals surface area contributed by atoms with E-state index in [0.29, 0.717) is 31.0 Å². The maximum absolute atomic E-state index is 6.15. The lowest BCUT2D eigenvalue weighted by atomic mass is 10.2. The normalized spacial score (nSPS) is 14.5.